The summed E-state index contributed by atoms with van der Waals surface area (Å²) in [7, 11) is 2.61. The molecule has 2 fully saturated rings. The number of nitrogens with zero attached hydrogens (tertiary/aromatic N) is 7. The molecule has 0 saturated carbocycles. The molecule has 1 unspecified atom stereocenters. The number of aromatic amines is 2. The largest absolute Gasteiger partial charge is 0.497 e. The van der Waals surface area contributed by atoms with Crippen molar-refractivity contribution in [2.45, 2.75) is 135 Å². The monoisotopic (exact) mass is 1180 g/mol. The van der Waals surface area contributed by atoms with Gasteiger partial charge in [0.05, 0.1) is 52.4 Å². The number of benzene rings is 3. The van der Waals surface area contributed by atoms with Gasteiger partial charge in [-0.15, -0.1) is 0 Å². The number of H-pyrrole nitrogens is 2. The zero-order chi connectivity index (χ0) is 60.6. The number of hydrogen-bond donors (Lipinski definition) is 3. The van der Waals surface area contributed by atoms with Crippen molar-refractivity contribution in [1.29, 1.82) is 5.26 Å². The summed E-state index contributed by atoms with van der Waals surface area (Å²) in [5.41, 5.74) is -1.68. The average Bonchev–Trinajstić information content (AvgIpc) is 2.29. The maximum Gasteiger partial charge on any atom is 0.330 e. The number of ether oxygens (including phenoxy) is 6. The maximum absolute atomic E-state index is 18.3. The van der Waals surface area contributed by atoms with Crippen LogP contribution in [0.2, 0.25) is 0 Å². The normalized spacial score (nSPS) is 21.2. The standard InChI is InChI=1S/C59H74FN10O13P/c1-34(2)53(73)65-57-64-52-49(54(74)66-57)62-33-69(52)55-48(60)43(45(82-55)32-79-59(38-16-13-12-14-17-38,39-18-22-41(76-9)23-19-39)40-20-24-42(77-10)25-21-40)30-47(72)68(35(3)4)31-44-50(83-84(80-29-15-27-61)70(36(5)6)37(7)8)51(78-11)56(81-44)67-28-26-46(71)63-58(67)75/h12-14,16-26,28,33-37,43-45,48,50-51,55-56H,15,29-32H2,1-11H3,(H,63,71,75)(H2,64,65,66,73,74)/t43-,44-,45-,48-,50-,51-,55-,56-,84?/m1/s1. The summed E-state index contributed by atoms with van der Waals surface area (Å²) in [5, 5.41) is 12.1. The van der Waals surface area contributed by atoms with Gasteiger partial charge in [-0.1, -0.05) is 68.4 Å². The van der Waals surface area contributed by atoms with Crippen molar-refractivity contribution in [2.24, 2.45) is 11.8 Å². The summed E-state index contributed by atoms with van der Waals surface area (Å²) < 4.78 is 74.1. The molecule has 2 saturated heterocycles. The van der Waals surface area contributed by atoms with Crippen LogP contribution in [0, 0.1) is 23.2 Å². The molecule has 25 heteroatoms. The number of amides is 2. The van der Waals surface area contributed by atoms with Crippen LogP contribution in [0.25, 0.3) is 11.2 Å². The van der Waals surface area contributed by atoms with E-state index in [-0.39, 0.29) is 55.4 Å². The Labute approximate surface area is 487 Å². The fraction of sp³-hybridized carbons (Fsp3) is 0.492. The third-order valence-corrected chi connectivity index (χ3v) is 17.0. The lowest BCUT2D eigenvalue weighted by atomic mass is 9.80. The van der Waals surface area contributed by atoms with Crippen molar-refractivity contribution >= 4 is 37.5 Å². The topological polar surface area (TPSA) is 269 Å². The van der Waals surface area contributed by atoms with E-state index in [2.05, 4.69) is 31.3 Å². The van der Waals surface area contributed by atoms with Gasteiger partial charge in [0.15, 0.2) is 29.8 Å². The molecule has 5 heterocycles. The molecule has 2 aliphatic heterocycles. The Morgan fingerprint density at radius 3 is 1.99 bits per heavy atom. The van der Waals surface area contributed by atoms with Crippen molar-refractivity contribution in [2.75, 3.05) is 46.4 Å². The van der Waals surface area contributed by atoms with Crippen molar-refractivity contribution in [3.63, 3.8) is 0 Å². The van der Waals surface area contributed by atoms with Crippen LogP contribution in [0.15, 0.2) is 112 Å². The second-order valence-corrected chi connectivity index (χ2v) is 23.0. The average molecular weight is 1180 g/mol. The molecule has 0 spiro atoms. The lowest BCUT2D eigenvalue weighted by molar-refractivity contribution is -0.139. The van der Waals surface area contributed by atoms with Crippen LogP contribution in [-0.2, 0) is 43.2 Å². The summed E-state index contributed by atoms with van der Waals surface area (Å²) >= 11 is 0. The van der Waals surface area contributed by atoms with Crippen LogP contribution >= 0.6 is 8.53 Å². The number of nitrogens with one attached hydrogen (secondary N) is 3. The molecule has 450 valence electrons. The van der Waals surface area contributed by atoms with Crippen LogP contribution in [0.3, 0.4) is 0 Å². The van der Waals surface area contributed by atoms with Gasteiger partial charge in [-0.25, -0.2) is 18.8 Å². The predicted octanol–water partition coefficient (Wildman–Crippen LogP) is 7.34. The number of halogens is 1. The summed E-state index contributed by atoms with van der Waals surface area (Å²) in [6, 6.07) is 26.8. The first-order valence-corrected chi connectivity index (χ1v) is 29.0. The first kappa shape index (κ1) is 62.8. The Bertz CT molecular complexity index is 3350. The van der Waals surface area contributed by atoms with E-state index in [1.807, 2.05) is 111 Å². The Kier molecular flexibility index (Phi) is 20.7. The highest BCUT2D eigenvalue weighted by atomic mass is 31.2. The number of hydrogen-bond acceptors (Lipinski definition) is 17. The summed E-state index contributed by atoms with van der Waals surface area (Å²) in [4.78, 5) is 82.8. The number of nitriles is 1. The molecule has 0 aliphatic carbocycles. The molecule has 9 atom stereocenters. The molecule has 3 N–H and O–H groups in total. The highest BCUT2D eigenvalue weighted by Crippen LogP contribution is 2.51. The molecule has 3 aromatic carbocycles. The molecular formula is C59H74FN10O13P. The van der Waals surface area contributed by atoms with Gasteiger partial charge in [0.25, 0.3) is 19.6 Å². The lowest BCUT2D eigenvalue weighted by Crippen LogP contribution is -2.48. The van der Waals surface area contributed by atoms with E-state index in [1.54, 1.807) is 41.9 Å². The van der Waals surface area contributed by atoms with E-state index in [9.17, 15) is 24.4 Å². The molecule has 3 aromatic heterocycles. The third-order valence-electron chi connectivity index (χ3n) is 14.9. The van der Waals surface area contributed by atoms with Gasteiger partial charge in [-0.2, -0.15) is 10.2 Å². The van der Waals surface area contributed by atoms with Crippen LogP contribution in [0.1, 0.15) is 97.4 Å². The van der Waals surface area contributed by atoms with Crippen molar-refractivity contribution < 1.29 is 51.4 Å². The fourth-order valence-electron chi connectivity index (χ4n) is 10.7. The number of methoxy groups -OCH3 is 3. The van der Waals surface area contributed by atoms with Gasteiger partial charge in [-0.05, 0) is 82.5 Å². The summed E-state index contributed by atoms with van der Waals surface area (Å²) in [6.45, 7) is 14.4. The first-order chi connectivity index (χ1) is 40.2. The highest BCUT2D eigenvalue weighted by molar-refractivity contribution is 7.44. The second-order valence-electron chi connectivity index (χ2n) is 21.6. The van der Waals surface area contributed by atoms with E-state index in [1.165, 1.54) is 39.7 Å². The van der Waals surface area contributed by atoms with Gasteiger partial charge in [0.1, 0.15) is 35.4 Å². The number of alkyl halides is 1. The number of fused-ring (bicyclic) bond motifs is 1. The van der Waals surface area contributed by atoms with Crippen molar-refractivity contribution in [1.82, 2.24) is 38.6 Å². The third kappa shape index (κ3) is 13.5. The van der Waals surface area contributed by atoms with Gasteiger partial charge in [0.2, 0.25) is 17.8 Å². The molecule has 23 nitrogen and oxygen atoms in total. The molecule has 8 rings (SSSR count). The number of carbonyl (C=O) groups excluding carboxylic acids is 2. The van der Waals surface area contributed by atoms with E-state index < -0.39 is 110 Å². The van der Waals surface area contributed by atoms with Gasteiger partial charge in [0, 0.05) is 62.3 Å². The van der Waals surface area contributed by atoms with E-state index >= 15 is 9.18 Å². The van der Waals surface area contributed by atoms with Crippen LogP contribution < -0.4 is 31.6 Å². The molecule has 2 amide bonds. The minimum Gasteiger partial charge on any atom is -0.497 e. The first-order valence-electron chi connectivity index (χ1n) is 27.8. The molecule has 2 aliphatic rings. The molecule has 0 bridgehead atoms. The summed E-state index contributed by atoms with van der Waals surface area (Å²) in [6.07, 6.45) is -6.89. The van der Waals surface area contributed by atoms with Crippen molar-refractivity contribution in [3.05, 3.63) is 145 Å². The van der Waals surface area contributed by atoms with E-state index in [0.717, 1.165) is 0 Å². The Balaban J connectivity index is 1.21. The predicted molar refractivity (Wildman–Crippen MR) is 310 cm³/mol. The minimum atomic E-state index is -1.99. The van der Waals surface area contributed by atoms with E-state index in [4.69, 9.17) is 37.5 Å². The second kappa shape index (κ2) is 27.7. The number of rotatable bonds is 26. The maximum atomic E-state index is 18.3. The van der Waals surface area contributed by atoms with Gasteiger partial charge in [-0.3, -0.25) is 43.6 Å². The zero-order valence-electron chi connectivity index (χ0n) is 49.0. The minimum absolute atomic E-state index is 0.0388. The van der Waals surface area contributed by atoms with Gasteiger partial charge >= 0.3 is 5.69 Å². The quantitative estimate of drug-likeness (QED) is 0.0272. The number of anilines is 1. The Morgan fingerprint density at radius 2 is 1.43 bits per heavy atom. The molecule has 84 heavy (non-hydrogen) atoms. The molecular weight excluding hydrogens is 1110 g/mol. The van der Waals surface area contributed by atoms with Crippen LogP contribution in [0.5, 0.6) is 11.5 Å². The Morgan fingerprint density at radius 1 is 0.810 bits per heavy atom. The number of imidazole rings is 1. The zero-order valence-corrected chi connectivity index (χ0v) is 49.9. The fourth-order valence-corrected chi connectivity index (χ4v) is 12.5. The highest BCUT2D eigenvalue weighted by Gasteiger charge is 2.53. The Hall–Kier alpha value is -7.20. The number of carbonyl (C=O) groups is 2. The molecule has 0 radical (unpaired) electrons. The SMILES string of the molecule is COc1ccc(C(OC[C@H]2O[C@@H](n3cnc4c(=O)[nH]c(NC(=O)C(C)C)nc43)[C@H](F)[C@@H]2CC(=O)N(C[C@H]2O[C@@H](n3ccc(=O)[nH]c3=O)[C@H](OC)[C@@H]2OP(OCCC#N)N(C(C)C)C(C)C)C(C)C)(c2ccccc2)c2ccc(OC)cc2)cc1. The lowest BCUT2D eigenvalue weighted by Gasteiger charge is -2.39. The van der Waals surface area contributed by atoms with Gasteiger partial charge < -0.3 is 42.4 Å². The number of aromatic nitrogens is 6. The molecule has 6 aromatic rings. The smallest absolute Gasteiger partial charge is 0.330 e. The van der Waals surface area contributed by atoms with Crippen molar-refractivity contribution in [3.8, 4) is 17.6 Å². The van der Waals surface area contributed by atoms with E-state index in [0.29, 0.717) is 28.2 Å². The van der Waals surface area contributed by atoms with Crippen LogP contribution in [-0.4, -0.2) is 140 Å². The van der Waals surface area contributed by atoms with Crippen LogP contribution in [0.4, 0.5) is 10.3 Å². The summed E-state index contributed by atoms with van der Waals surface area (Å²) in [5.74, 6) is -1.68.